The van der Waals surface area contributed by atoms with Crippen molar-refractivity contribution in [2.75, 3.05) is 18.2 Å². The second-order valence-corrected chi connectivity index (χ2v) is 6.04. The largest absolute Gasteiger partial charge is 0.465 e. The number of aryl methyl sites for hydroxylation is 1. The number of halogens is 1. The minimum Gasteiger partial charge on any atom is -0.465 e. The molecule has 0 spiro atoms. The van der Waals surface area contributed by atoms with Gasteiger partial charge in [0.25, 0.3) is 5.91 Å². The molecule has 110 valence electrons. The second kappa shape index (κ2) is 6.28. The summed E-state index contributed by atoms with van der Waals surface area (Å²) in [5, 5.41) is 4.53. The Morgan fingerprint density at radius 1 is 1.38 bits per heavy atom. The van der Waals surface area contributed by atoms with Crippen LogP contribution in [-0.4, -0.2) is 19.0 Å². The molecule has 0 aliphatic rings. The Morgan fingerprint density at radius 3 is 2.76 bits per heavy atom. The van der Waals surface area contributed by atoms with Gasteiger partial charge in [-0.05, 0) is 52.0 Å². The first kappa shape index (κ1) is 15.5. The van der Waals surface area contributed by atoms with Crippen molar-refractivity contribution in [2.45, 2.75) is 6.92 Å². The number of nitrogens with one attached hydrogen (secondary N) is 1. The number of rotatable bonds is 3. The Labute approximate surface area is 134 Å². The highest BCUT2D eigenvalue weighted by Crippen LogP contribution is 2.29. The summed E-state index contributed by atoms with van der Waals surface area (Å²) >= 11 is 4.54. The summed E-state index contributed by atoms with van der Waals surface area (Å²) in [4.78, 5) is 24.4. The average molecular weight is 369 g/mol. The van der Waals surface area contributed by atoms with Crippen molar-refractivity contribution in [1.82, 2.24) is 0 Å². The van der Waals surface area contributed by atoms with Crippen molar-refractivity contribution in [3.8, 4) is 0 Å². The normalized spacial score (nSPS) is 10.2. The lowest BCUT2D eigenvalue weighted by Gasteiger charge is -2.09. The van der Waals surface area contributed by atoms with E-state index in [-0.39, 0.29) is 5.91 Å². The zero-order chi connectivity index (χ0) is 15.6. The number of ether oxygens (including phenoxy) is 1. The summed E-state index contributed by atoms with van der Waals surface area (Å²) in [6.07, 6.45) is 0. The van der Waals surface area contributed by atoms with Crippen LogP contribution in [0.15, 0.2) is 28.1 Å². The Balaban J connectivity index is 2.34. The standard InChI is InChI=1S/C14H13BrN2O3S/c1-7-6-21-12(14(19)20-2)11(7)17-13(18)9-5-8(16)3-4-10(9)15/h3-6H,16H2,1-2H3,(H,17,18). The number of hydrogen-bond acceptors (Lipinski definition) is 5. The lowest BCUT2D eigenvalue weighted by molar-refractivity contribution is 0.0607. The van der Waals surface area contributed by atoms with Crippen molar-refractivity contribution in [3.63, 3.8) is 0 Å². The molecule has 3 N–H and O–H groups in total. The number of nitrogens with two attached hydrogens (primary N) is 1. The SMILES string of the molecule is COC(=O)c1scc(C)c1NC(=O)c1cc(N)ccc1Br. The summed E-state index contributed by atoms with van der Waals surface area (Å²) in [5.41, 5.74) is 7.84. The number of anilines is 2. The van der Waals surface area contributed by atoms with Crippen molar-refractivity contribution in [3.05, 3.63) is 44.1 Å². The molecule has 7 heteroatoms. The van der Waals surface area contributed by atoms with Gasteiger partial charge in [-0.15, -0.1) is 11.3 Å². The summed E-state index contributed by atoms with van der Waals surface area (Å²) in [5.74, 6) is -0.823. The van der Waals surface area contributed by atoms with Crippen molar-refractivity contribution >= 4 is 50.5 Å². The first-order chi connectivity index (χ1) is 9.93. The van der Waals surface area contributed by atoms with E-state index in [1.807, 2.05) is 6.92 Å². The van der Waals surface area contributed by atoms with E-state index in [4.69, 9.17) is 10.5 Å². The number of hydrogen-bond donors (Lipinski definition) is 2. The van der Waals surface area contributed by atoms with Crippen LogP contribution in [0.1, 0.15) is 25.6 Å². The van der Waals surface area contributed by atoms with Gasteiger partial charge in [0.2, 0.25) is 0 Å². The Kier molecular flexibility index (Phi) is 4.64. The molecule has 0 bridgehead atoms. The molecule has 1 aromatic carbocycles. The molecular weight excluding hydrogens is 356 g/mol. The Bertz CT molecular complexity index is 712. The third kappa shape index (κ3) is 3.25. The first-order valence-corrected chi connectivity index (χ1v) is 7.64. The number of carbonyl (C=O) groups excluding carboxylic acids is 2. The van der Waals surface area contributed by atoms with Crippen molar-refractivity contribution < 1.29 is 14.3 Å². The number of amides is 1. The molecule has 2 aromatic rings. The highest BCUT2D eigenvalue weighted by atomic mass is 79.9. The number of thiophene rings is 1. The number of esters is 1. The third-order valence-electron chi connectivity index (χ3n) is 2.82. The second-order valence-electron chi connectivity index (χ2n) is 4.31. The summed E-state index contributed by atoms with van der Waals surface area (Å²) in [6, 6.07) is 4.96. The Morgan fingerprint density at radius 2 is 2.10 bits per heavy atom. The molecular formula is C14H13BrN2O3S. The lowest BCUT2D eigenvalue weighted by atomic mass is 10.1. The van der Waals surface area contributed by atoms with Gasteiger partial charge in [-0.25, -0.2) is 4.79 Å². The van der Waals surface area contributed by atoms with Gasteiger partial charge in [0.15, 0.2) is 0 Å². The molecule has 1 amide bonds. The predicted octanol–water partition coefficient (Wildman–Crippen LogP) is 3.44. The molecule has 0 saturated carbocycles. The summed E-state index contributed by atoms with van der Waals surface area (Å²) in [6.45, 7) is 1.81. The molecule has 5 nitrogen and oxygen atoms in total. The van der Waals surface area contributed by atoms with Gasteiger partial charge in [0.1, 0.15) is 4.88 Å². The van der Waals surface area contributed by atoms with E-state index in [1.165, 1.54) is 18.4 Å². The Hall–Kier alpha value is -1.86. The maximum Gasteiger partial charge on any atom is 0.350 e. The topological polar surface area (TPSA) is 81.4 Å². The van der Waals surface area contributed by atoms with Gasteiger partial charge in [0.05, 0.1) is 18.4 Å². The molecule has 0 radical (unpaired) electrons. The number of methoxy groups -OCH3 is 1. The van der Waals surface area contributed by atoms with Gasteiger partial charge in [0, 0.05) is 10.2 Å². The molecule has 0 atom stereocenters. The predicted molar refractivity (Wildman–Crippen MR) is 86.9 cm³/mol. The van der Waals surface area contributed by atoms with Crippen LogP contribution in [0.25, 0.3) is 0 Å². The van der Waals surface area contributed by atoms with E-state index in [0.717, 1.165) is 5.56 Å². The molecule has 2 rings (SSSR count). The molecule has 1 heterocycles. The van der Waals surface area contributed by atoms with Gasteiger partial charge < -0.3 is 15.8 Å². The van der Waals surface area contributed by atoms with E-state index in [1.54, 1.807) is 23.6 Å². The fourth-order valence-electron chi connectivity index (χ4n) is 1.74. The maximum atomic E-state index is 12.4. The molecule has 0 aliphatic heterocycles. The van der Waals surface area contributed by atoms with Crippen LogP contribution in [0.4, 0.5) is 11.4 Å². The van der Waals surface area contributed by atoms with Crippen LogP contribution in [0.5, 0.6) is 0 Å². The number of carbonyl (C=O) groups is 2. The fraction of sp³-hybridized carbons (Fsp3) is 0.143. The van der Waals surface area contributed by atoms with E-state index in [9.17, 15) is 9.59 Å². The molecule has 0 unspecified atom stereocenters. The van der Waals surface area contributed by atoms with E-state index in [2.05, 4.69) is 21.2 Å². The van der Waals surface area contributed by atoms with Crippen LogP contribution in [0.3, 0.4) is 0 Å². The number of benzene rings is 1. The van der Waals surface area contributed by atoms with Crippen LogP contribution >= 0.6 is 27.3 Å². The molecule has 0 saturated heterocycles. The van der Waals surface area contributed by atoms with E-state index < -0.39 is 5.97 Å². The van der Waals surface area contributed by atoms with Gasteiger partial charge in [-0.2, -0.15) is 0 Å². The van der Waals surface area contributed by atoms with E-state index in [0.29, 0.717) is 26.3 Å². The quantitative estimate of drug-likeness (QED) is 0.642. The molecule has 1 aromatic heterocycles. The molecule has 0 fully saturated rings. The van der Waals surface area contributed by atoms with Crippen LogP contribution in [-0.2, 0) is 4.74 Å². The van der Waals surface area contributed by atoms with Crippen LogP contribution < -0.4 is 11.1 Å². The van der Waals surface area contributed by atoms with Gasteiger partial charge in [-0.3, -0.25) is 4.79 Å². The van der Waals surface area contributed by atoms with Gasteiger partial charge in [-0.1, -0.05) is 0 Å². The third-order valence-corrected chi connectivity index (χ3v) is 4.59. The van der Waals surface area contributed by atoms with E-state index >= 15 is 0 Å². The zero-order valence-corrected chi connectivity index (χ0v) is 13.8. The monoisotopic (exact) mass is 368 g/mol. The lowest BCUT2D eigenvalue weighted by Crippen LogP contribution is -2.15. The average Bonchev–Trinajstić information content (AvgIpc) is 2.82. The minimum atomic E-state index is -0.477. The maximum absolute atomic E-state index is 12.4. The molecule has 0 aliphatic carbocycles. The molecule has 21 heavy (non-hydrogen) atoms. The summed E-state index contributed by atoms with van der Waals surface area (Å²) in [7, 11) is 1.30. The van der Waals surface area contributed by atoms with Crippen molar-refractivity contribution in [2.24, 2.45) is 0 Å². The van der Waals surface area contributed by atoms with Gasteiger partial charge >= 0.3 is 5.97 Å². The first-order valence-electron chi connectivity index (χ1n) is 5.96. The van der Waals surface area contributed by atoms with Crippen LogP contribution in [0.2, 0.25) is 0 Å². The number of nitrogen functional groups attached to an aromatic ring is 1. The van der Waals surface area contributed by atoms with Crippen LogP contribution in [0, 0.1) is 6.92 Å². The fourth-order valence-corrected chi connectivity index (χ4v) is 3.09. The minimum absolute atomic E-state index is 0.346. The highest BCUT2D eigenvalue weighted by molar-refractivity contribution is 9.10. The zero-order valence-electron chi connectivity index (χ0n) is 11.4. The smallest absolute Gasteiger partial charge is 0.350 e. The van der Waals surface area contributed by atoms with Crippen molar-refractivity contribution in [1.29, 1.82) is 0 Å². The summed E-state index contributed by atoms with van der Waals surface area (Å²) < 4.78 is 5.34. The highest BCUT2D eigenvalue weighted by Gasteiger charge is 2.20.